The van der Waals surface area contributed by atoms with Crippen LogP contribution in [0.15, 0.2) is 249 Å². The molecule has 65 heavy (non-hydrogen) atoms. The van der Waals surface area contributed by atoms with Gasteiger partial charge in [-0.05, 0) is 145 Å². The molecule has 2 heterocycles. The van der Waals surface area contributed by atoms with Crippen molar-refractivity contribution >= 4 is 77.7 Å². The van der Waals surface area contributed by atoms with Crippen molar-refractivity contribution < 1.29 is 0 Å². The first-order valence-electron chi connectivity index (χ1n) is 22.3. The Morgan fingerprint density at radius 1 is 0.262 bits per heavy atom. The van der Waals surface area contributed by atoms with Crippen molar-refractivity contribution in [1.82, 2.24) is 9.13 Å². The van der Waals surface area contributed by atoms with Crippen LogP contribution in [0, 0.1) is 6.92 Å². The summed E-state index contributed by atoms with van der Waals surface area (Å²) in [4.78, 5) is 4.72. The van der Waals surface area contributed by atoms with Gasteiger partial charge in [0.05, 0.1) is 22.1 Å². The van der Waals surface area contributed by atoms with Gasteiger partial charge in [0.2, 0.25) is 0 Å². The molecule has 2 aromatic heterocycles. The minimum Gasteiger partial charge on any atom is -0.310 e. The van der Waals surface area contributed by atoms with Gasteiger partial charge in [0.1, 0.15) is 0 Å². The lowest BCUT2D eigenvalue weighted by Crippen LogP contribution is -2.10. The molecule has 0 aliphatic heterocycles. The highest BCUT2D eigenvalue weighted by Crippen LogP contribution is 2.43. The Labute approximate surface area is 378 Å². The van der Waals surface area contributed by atoms with Crippen LogP contribution in [0.1, 0.15) is 5.56 Å². The van der Waals surface area contributed by atoms with Crippen molar-refractivity contribution in [3.63, 3.8) is 0 Å². The number of para-hydroxylation sites is 5. The molecule has 4 nitrogen and oxygen atoms in total. The van der Waals surface area contributed by atoms with Gasteiger partial charge in [0.15, 0.2) is 0 Å². The van der Waals surface area contributed by atoms with Gasteiger partial charge in [-0.1, -0.05) is 127 Å². The van der Waals surface area contributed by atoms with Crippen LogP contribution < -0.4 is 9.80 Å². The summed E-state index contributed by atoms with van der Waals surface area (Å²) in [7, 11) is 0. The lowest BCUT2D eigenvalue weighted by molar-refractivity contribution is 1.18. The third-order valence-electron chi connectivity index (χ3n) is 12.7. The van der Waals surface area contributed by atoms with Gasteiger partial charge in [-0.3, -0.25) is 0 Å². The fourth-order valence-electron chi connectivity index (χ4n) is 9.73. The van der Waals surface area contributed by atoms with Crippen molar-refractivity contribution in [2.75, 3.05) is 9.80 Å². The van der Waals surface area contributed by atoms with E-state index in [2.05, 4.69) is 275 Å². The number of hydrogen-bond acceptors (Lipinski definition) is 2. The standard InChI is InChI=1S/C61H44N4/c1-43-26-37-59-55(40-43)57-42-53(36-39-61(57)65(59)49-22-12-5-13-23-49)63(47-18-8-3-9-19-47)51-33-29-45(30-34-51)44-27-31-50(32-28-44)62(46-16-6-2-7-17-46)52-35-38-60-56(41-52)54-24-14-15-25-58(54)64(60)48-20-10-4-11-21-48/h2-42H,1H3. The highest BCUT2D eigenvalue weighted by Gasteiger charge is 2.20. The zero-order valence-corrected chi connectivity index (χ0v) is 36.0. The molecule has 10 aromatic carbocycles. The molecule has 0 fully saturated rings. The first kappa shape index (κ1) is 38.1. The average molecular weight is 833 g/mol. The van der Waals surface area contributed by atoms with E-state index >= 15 is 0 Å². The molecule has 0 atom stereocenters. The summed E-state index contributed by atoms with van der Waals surface area (Å²) in [6.07, 6.45) is 0. The molecule has 0 saturated heterocycles. The van der Waals surface area contributed by atoms with E-state index in [1.807, 2.05) is 0 Å². The molecule has 0 radical (unpaired) electrons. The SMILES string of the molecule is Cc1ccc2c(c1)c1cc(N(c3ccccc3)c3ccc(-c4ccc(N(c5ccccc5)c5ccc6c(c5)c5ccccc5n6-c5ccccc5)cc4)cc3)ccc1n2-c1ccccc1. The molecule has 0 N–H and O–H groups in total. The maximum absolute atomic E-state index is 2.38. The van der Waals surface area contributed by atoms with Gasteiger partial charge in [0, 0.05) is 67.0 Å². The normalized spacial score (nSPS) is 11.5. The van der Waals surface area contributed by atoms with Crippen molar-refractivity contribution in [3.8, 4) is 22.5 Å². The van der Waals surface area contributed by atoms with Crippen molar-refractivity contribution in [2.45, 2.75) is 6.92 Å². The van der Waals surface area contributed by atoms with Crippen LogP contribution >= 0.6 is 0 Å². The lowest BCUT2D eigenvalue weighted by Gasteiger charge is -2.26. The van der Waals surface area contributed by atoms with Crippen LogP contribution in [-0.4, -0.2) is 9.13 Å². The van der Waals surface area contributed by atoms with E-state index in [0.29, 0.717) is 0 Å². The molecule has 0 bridgehead atoms. The smallest absolute Gasteiger partial charge is 0.0542 e. The molecule has 0 amide bonds. The van der Waals surface area contributed by atoms with E-state index in [9.17, 15) is 0 Å². The zero-order chi connectivity index (χ0) is 43.3. The summed E-state index contributed by atoms with van der Waals surface area (Å²) in [5.41, 5.74) is 17.3. The van der Waals surface area contributed by atoms with Crippen molar-refractivity contribution in [3.05, 3.63) is 254 Å². The maximum atomic E-state index is 2.38. The van der Waals surface area contributed by atoms with Crippen LogP contribution in [0.5, 0.6) is 0 Å². The van der Waals surface area contributed by atoms with Gasteiger partial charge in [0.25, 0.3) is 0 Å². The topological polar surface area (TPSA) is 16.3 Å². The van der Waals surface area contributed by atoms with Crippen molar-refractivity contribution in [2.24, 2.45) is 0 Å². The minimum absolute atomic E-state index is 1.09. The molecule has 4 heteroatoms. The van der Waals surface area contributed by atoms with Gasteiger partial charge in [-0.2, -0.15) is 0 Å². The van der Waals surface area contributed by atoms with E-state index in [1.54, 1.807) is 0 Å². The fraction of sp³-hybridized carbons (Fsp3) is 0.0164. The second-order valence-electron chi connectivity index (χ2n) is 16.7. The van der Waals surface area contributed by atoms with Gasteiger partial charge < -0.3 is 18.9 Å². The quantitative estimate of drug-likeness (QED) is 0.144. The van der Waals surface area contributed by atoms with Gasteiger partial charge in [-0.15, -0.1) is 0 Å². The molecule has 308 valence electrons. The number of aromatic nitrogens is 2. The van der Waals surface area contributed by atoms with E-state index in [0.717, 1.165) is 56.6 Å². The van der Waals surface area contributed by atoms with Gasteiger partial charge in [-0.25, -0.2) is 0 Å². The maximum Gasteiger partial charge on any atom is 0.0542 e. The molecular weight excluding hydrogens is 789 g/mol. The van der Waals surface area contributed by atoms with Crippen LogP contribution in [0.4, 0.5) is 34.1 Å². The molecule has 12 aromatic rings. The second kappa shape index (κ2) is 15.9. The van der Waals surface area contributed by atoms with E-state index in [1.165, 1.54) is 49.2 Å². The number of aryl methyl sites for hydroxylation is 1. The summed E-state index contributed by atoms with van der Waals surface area (Å²) in [5.74, 6) is 0. The van der Waals surface area contributed by atoms with Crippen molar-refractivity contribution in [1.29, 1.82) is 0 Å². The van der Waals surface area contributed by atoms with Crippen LogP contribution in [0.25, 0.3) is 66.1 Å². The predicted octanol–water partition coefficient (Wildman–Crippen LogP) is 16.8. The first-order valence-corrected chi connectivity index (χ1v) is 22.3. The average Bonchev–Trinajstić information content (AvgIpc) is 3.87. The Balaban J connectivity index is 0.905. The monoisotopic (exact) mass is 832 g/mol. The lowest BCUT2D eigenvalue weighted by atomic mass is 10.0. The summed E-state index contributed by atoms with van der Waals surface area (Å²) < 4.78 is 4.75. The second-order valence-corrected chi connectivity index (χ2v) is 16.7. The molecule has 12 rings (SSSR count). The number of hydrogen-bond donors (Lipinski definition) is 0. The number of rotatable bonds is 9. The number of anilines is 6. The van der Waals surface area contributed by atoms with Crippen LogP contribution in [0.3, 0.4) is 0 Å². The molecule has 0 aliphatic carbocycles. The van der Waals surface area contributed by atoms with Crippen LogP contribution in [-0.2, 0) is 0 Å². The largest absolute Gasteiger partial charge is 0.310 e. The summed E-state index contributed by atoms with van der Waals surface area (Å²) in [5, 5.41) is 4.93. The Morgan fingerprint density at radius 3 is 1.08 bits per heavy atom. The molecule has 0 saturated carbocycles. The Morgan fingerprint density at radius 2 is 0.600 bits per heavy atom. The highest BCUT2D eigenvalue weighted by molar-refractivity contribution is 6.12. The minimum atomic E-state index is 1.09. The zero-order valence-electron chi connectivity index (χ0n) is 36.0. The summed E-state index contributed by atoms with van der Waals surface area (Å²) in [6.45, 7) is 2.17. The van der Waals surface area contributed by atoms with E-state index in [4.69, 9.17) is 0 Å². The predicted molar refractivity (Wildman–Crippen MR) is 275 cm³/mol. The molecule has 0 spiro atoms. The first-order chi connectivity index (χ1) is 32.2. The summed E-state index contributed by atoms with van der Waals surface area (Å²) >= 11 is 0. The highest BCUT2D eigenvalue weighted by atomic mass is 15.1. The fourth-order valence-corrected chi connectivity index (χ4v) is 9.73. The molecular formula is C61H44N4. The number of benzene rings is 10. The Kier molecular flexibility index (Phi) is 9.35. The summed E-state index contributed by atoms with van der Waals surface area (Å²) in [6, 6.07) is 89.8. The molecule has 0 aliphatic rings. The Hall–Kier alpha value is -8.60. The third kappa shape index (κ3) is 6.71. The molecule has 0 unspecified atom stereocenters. The number of nitrogens with zero attached hydrogens (tertiary/aromatic N) is 4. The van der Waals surface area contributed by atoms with Crippen LogP contribution in [0.2, 0.25) is 0 Å². The Bertz CT molecular complexity index is 3630. The van der Waals surface area contributed by atoms with E-state index in [-0.39, 0.29) is 0 Å². The van der Waals surface area contributed by atoms with Gasteiger partial charge >= 0.3 is 0 Å². The van der Waals surface area contributed by atoms with E-state index < -0.39 is 0 Å². The third-order valence-corrected chi connectivity index (χ3v) is 12.7. The number of fused-ring (bicyclic) bond motifs is 6.